The smallest absolute Gasteiger partial charge is 0.333 e. The van der Waals surface area contributed by atoms with Gasteiger partial charge >= 0.3 is 6.03 Å². The lowest BCUT2D eigenvalue weighted by atomic mass is 10.1. The number of hydrogen-bond donors (Lipinski definition) is 4. The number of halogens is 2. The summed E-state index contributed by atoms with van der Waals surface area (Å²) < 4.78 is 42.2. The van der Waals surface area contributed by atoms with Crippen molar-refractivity contribution in [3.05, 3.63) is 81.2 Å². The summed E-state index contributed by atoms with van der Waals surface area (Å²) in [7, 11) is -2.34. The van der Waals surface area contributed by atoms with Gasteiger partial charge in [0.25, 0.3) is 15.6 Å². The standard InChI is InChI=1S/C21H17ClFN5O4S2/c1-24-13-4-2-12(3-5-13)16-11-19(29)28(26-16)17-7-6-14(10-15(17)23)25-21(30)27-34(31,32)20-9-8-18(22)33-20/h2-11,24,26H,1H3,(H2,25,27,30). The topological polar surface area (TPSA) is 125 Å². The first-order chi connectivity index (χ1) is 16.2. The number of anilines is 2. The van der Waals surface area contributed by atoms with Gasteiger partial charge in [-0.05, 0) is 48.0 Å². The maximum atomic E-state index is 14.8. The second kappa shape index (κ2) is 9.33. The van der Waals surface area contributed by atoms with Gasteiger partial charge in [0.2, 0.25) is 0 Å². The minimum Gasteiger partial charge on any atom is -0.388 e. The van der Waals surface area contributed by atoms with Crippen LogP contribution in [0.3, 0.4) is 0 Å². The van der Waals surface area contributed by atoms with Gasteiger partial charge in [0.1, 0.15) is 9.90 Å². The molecule has 0 unspecified atom stereocenters. The monoisotopic (exact) mass is 521 g/mol. The third-order valence-electron chi connectivity index (χ3n) is 4.69. The number of nitrogens with zero attached hydrogens (tertiary/aromatic N) is 1. The largest absolute Gasteiger partial charge is 0.388 e. The molecular formula is C21H17ClFN5O4S2. The van der Waals surface area contributed by atoms with Crippen LogP contribution in [0.15, 0.2) is 69.7 Å². The van der Waals surface area contributed by atoms with Crippen molar-refractivity contribution in [1.82, 2.24) is 14.5 Å². The van der Waals surface area contributed by atoms with E-state index >= 15 is 0 Å². The Morgan fingerprint density at radius 2 is 1.76 bits per heavy atom. The molecule has 0 aliphatic rings. The Morgan fingerprint density at radius 3 is 2.38 bits per heavy atom. The molecule has 176 valence electrons. The first kappa shape index (κ1) is 23.5. The zero-order valence-electron chi connectivity index (χ0n) is 17.4. The summed E-state index contributed by atoms with van der Waals surface area (Å²) in [6.07, 6.45) is 0. The van der Waals surface area contributed by atoms with Gasteiger partial charge in [-0.15, -0.1) is 11.3 Å². The minimum absolute atomic E-state index is 0.0133. The van der Waals surface area contributed by atoms with Gasteiger partial charge in [-0.25, -0.2) is 27.0 Å². The predicted octanol–water partition coefficient (Wildman–Crippen LogP) is 4.24. The number of benzene rings is 2. The van der Waals surface area contributed by atoms with Crippen LogP contribution in [0.5, 0.6) is 0 Å². The molecule has 13 heteroatoms. The van der Waals surface area contributed by atoms with E-state index in [1.807, 2.05) is 29.0 Å². The molecule has 0 aliphatic carbocycles. The van der Waals surface area contributed by atoms with E-state index in [9.17, 15) is 22.4 Å². The van der Waals surface area contributed by atoms with Crippen LogP contribution in [0.1, 0.15) is 0 Å². The molecule has 4 N–H and O–H groups in total. The van der Waals surface area contributed by atoms with E-state index in [2.05, 4.69) is 15.7 Å². The van der Waals surface area contributed by atoms with Crippen molar-refractivity contribution in [1.29, 1.82) is 0 Å². The second-order valence-corrected chi connectivity index (χ2v) is 10.6. The number of H-pyrrole nitrogens is 1. The van der Waals surface area contributed by atoms with Crippen molar-refractivity contribution in [2.24, 2.45) is 0 Å². The van der Waals surface area contributed by atoms with Gasteiger partial charge < -0.3 is 10.6 Å². The predicted molar refractivity (Wildman–Crippen MR) is 130 cm³/mol. The van der Waals surface area contributed by atoms with E-state index in [4.69, 9.17) is 11.6 Å². The summed E-state index contributed by atoms with van der Waals surface area (Å²) >= 11 is 6.51. The van der Waals surface area contributed by atoms with Crippen molar-refractivity contribution in [3.63, 3.8) is 0 Å². The van der Waals surface area contributed by atoms with Crippen LogP contribution in [0.2, 0.25) is 4.34 Å². The van der Waals surface area contributed by atoms with Gasteiger partial charge in [0, 0.05) is 24.5 Å². The fourth-order valence-electron chi connectivity index (χ4n) is 3.08. The average molecular weight is 522 g/mol. The number of carbonyl (C=O) groups is 1. The van der Waals surface area contributed by atoms with Crippen molar-refractivity contribution in [2.45, 2.75) is 4.21 Å². The first-order valence-corrected chi connectivity index (χ1v) is 12.3. The molecule has 2 amide bonds. The third kappa shape index (κ3) is 4.98. The Kier molecular flexibility index (Phi) is 6.46. The highest BCUT2D eigenvalue weighted by molar-refractivity contribution is 7.92. The van der Waals surface area contributed by atoms with E-state index in [0.29, 0.717) is 5.69 Å². The summed E-state index contributed by atoms with van der Waals surface area (Å²) in [5.41, 5.74) is 1.56. The van der Waals surface area contributed by atoms with E-state index in [0.717, 1.165) is 33.3 Å². The molecule has 0 radical (unpaired) electrons. The Labute approximate surface area is 202 Å². The van der Waals surface area contributed by atoms with Crippen LogP contribution in [0.25, 0.3) is 16.9 Å². The number of nitrogens with one attached hydrogen (secondary N) is 4. The fraction of sp³-hybridized carbons (Fsp3) is 0.0476. The number of thiophene rings is 1. The number of carbonyl (C=O) groups excluding carboxylic acids is 1. The highest BCUT2D eigenvalue weighted by atomic mass is 35.5. The molecule has 0 saturated heterocycles. The fourth-order valence-corrected chi connectivity index (χ4v) is 5.47. The van der Waals surface area contributed by atoms with Crippen molar-refractivity contribution in [3.8, 4) is 16.9 Å². The van der Waals surface area contributed by atoms with E-state index in [-0.39, 0.29) is 19.9 Å². The lowest BCUT2D eigenvalue weighted by molar-refractivity contribution is 0.256. The molecule has 2 heterocycles. The molecule has 0 bridgehead atoms. The van der Waals surface area contributed by atoms with Gasteiger partial charge in [-0.1, -0.05) is 23.7 Å². The van der Waals surface area contributed by atoms with Crippen LogP contribution < -0.4 is 20.9 Å². The lowest BCUT2D eigenvalue weighted by Gasteiger charge is -2.09. The SMILES string of the molecule is CNc1ccc(-c2cc(=O)n(-c3ccc(NC(=O)NS(=O)(=O)c4ccc(Cl)s4)cc3F)[nH]2)cc1. The molecule has 34 heavy (non-hydrogen) atoms. The molecule has 9 nitrogen and oxygen atoms in total. The lowest BCUT2D eigenvalue weighted by Crippen LogP contribution is -2.34. The zero-order valence-corrected chi connectivity index (χ0v) is 19.8. The molecule has 0 saturated carbocycles. The van der Waals surface area contributed by atoms with Gasteiger partial charge in [0.15, 0.2) is 5.82 Å². The normalized spacial score (nSPS) is 11.3. The average Bonchev–Trinajstić information content (AvgIpc) is 3.40. The summed E-state index contributed by atoms with van der Waals surface area (Å²) in [5.74, 6) is -0.813. The molecule has 2 aromatic heterocycles. The first-order valence-electron chi connectivity index (χ1n) is 9.65. The summed E-state index contributed by atoms with van der Waals surface area (Å²) in [5, 5.41) is 8.10. The van der Waals surface area contributed by atoms with E-state index in [1.54, 1.807) is 7.05 Å². The summed E-state index contributed by atoms with van der Waals surface area (Å²) in [6.45, 7) is 0. The molecule has 0 fully saturated rings. The molecule has 4 aromatic rings. The van der Waals surface area contributed by atoms with Crippen molar-refractivity contribution < 1.29 is 17.6 Å². The quantitative estimate of drug-likeness (QED) is 0.302. The van der Waals surface area contributed by atoms with Crippen LogP contribution in [0.4, 0.5) is 20.6 Å². The van der Waals surface area contributed by atoms with E-state index in [1.165, 1.54) is 30.3 Å². The Balaban J connectivity index is 1.52. The summed E-state index contributed by atoms with van der Waals surface area (Å²) in [6, 6.07) is 13.8. The maximum absolute atomic E-state index is 14.8. The molecule has 2 aromatic carbocycles. The van der Waals surface area contributed by atoms with Crippen LogP contribution in [0, 0.1) is 5.82 Å². The molecule has 4 rings (SSSR count). The molecule has 0 aliphatic heterocycles. The van der Waals surface area contributed by atoms with Crippen molar-refractivity contribution in [2.75, 3.05) is 17.7 Å². The Hall–Kier alpha value is -3.61. The zero-order chi connectivity index (χ0) is 24.5. The van der Waals surface area contributed by atoms with Gasteiger partial charge in [-0.2, -0.15) is 0 Å². The van der Waals surface area contributed by atoms with Crippen LogP contribution in [-0.2, 0) is 10.0 Å². The number of rotatable bonds is 6. The number of urea groups is 1. The molecule has 0 atom stereocenters. The minimum atomic E-state index is -4.13. The number of hydrogen-bond acceptors (Lipinski definition) is 6. The Morgan fingerprint density at radius 1 is 1.06 bits per heavy atom. The van der Waals surface area contributed by atoms with Crippen LogP contribution >= 0.6 is 22.9 Å². The van der Waals surface area contributed by atoms with Gasteiger partial charge in [0.05, 0.1) is 10.0 Å². The van der Waals surface area contributed by atoms with E-state index < -0.39 is 27.4 Å². The number of aromatic nitrogens is 2. The van der Waals surface area contributed by atoms with Crippen molar-refractivity contribution >= 4 is 50.4 Å². The van der Waals surface area contributed by atoms with Gasteiger partial charge in [-0.3, -0.25) is 9.89 Å². The number of aromatic amines is 1. The van der Waals surface area contributed by atoms with Crippen LogP contribution in [-0.4, -0.2) is 31.3 Å². The maximum Gasteiger partial charge on any atom is 0.333 e. The molecule has 0 spiro atoms. The Bertz CT molecular complexity index is 1530. The third-order valence-corrected chi connectivity index (χ3v) is 7.75. The molecular weight excluding hydrogens is 505 g/mol. The summed E-state index contributed by atoms with van der Waals surface area (Å²) in [4.78, 5) is 24.6. The highest BCUT2D eigenvalue weighted by Crippen LogP contribution is 2.25. The number of sulfonamides is 1. The number of amides is 2. The highest BCUT2D eigenvalue weighted by Gasteiger charge is 2.20. The second-order valence-electron chi connectivity index (χ2n) is 6.96.